The first-order valence-electron chi connectivity index (χ1n) is 8.86. The van der Waals surface area contributed by atoms with Gasteiger partial charge in [0.2, 0.25) is 0 Å². The summed E-state index contributed by atoms with van der Waals surface area (Å²) < 4.78 is 29.2. The lowest BCUT2D eigenvalue weighted by Crippen LogP contribution is -2.04. The van der Waals surface area contributed by atoms with Crippen LogP contribution in [0.15, 0.2) is 42.5 Å². The lowest BCUT2D eigenvalue weighted by Gasteiger charge is -2.19. The van der Waals surface area contributed by atoms with E-state index in [1.54, 1.807) is 12.1 Å². The van der Waals surface area contributed by atoms with Gasteiger partial charge in [-0.25, -0.2) is 8.78 Å². The molecule has 0 aliphatic heterocycles. The van der Waals surface area contributed by atoms with Crippen molar-refractivity contribution in [1.82, 2.24) is 0 Å². The van der Waals surface area contributed by atoms with Crippen molar-refractivity contribution in [3.63, 3.8) is 0 Å². The van der Waals surface area contributed by atoms with Crippen LogP contribution in [0.2, 0.25) is 0 Å². The molecule has 2 aromatic carbocycles. The lowest BCUT2D eigenvalue weighted by molar-refractivity contribution is 0.503. The highest BCUT2D eigenvalue weighted by atomic mass is 19.2. The van der Waals surface area contributed by atoms with E-state index in [0.29, 0.717) is 17.0 Å². The molecule has 2 heteroatoms. The summed E-state index contributed by atoms with van der Waals surface area (Å²) >= 11 is 0. The van der Waals surface area contributed by atoms with Crippen LogP contribution in [-0.2, 0) is 6.42 Å². The third-order valence-corrected chi connectivity index (χ3v) is 4.90. The smallest absolute Gasteiger partial charge is 0.167 e. The Kier molecular flexibility index (Phi) is 5.13. The second-order valence-electron chi connectivity index (χ2n) is 6.84. The summed E-state index contributed by atoms with van der Waals surface area (Å²) in [5.74, 6) is -0.830. The van der Waals surface area contributed by atoms with E-state index in [1.807, 2.05) is 24.3 Å². The minimum Gasteiger partial charge on any atom is -0.203 e. The number of benzene rings is 2. The average molecular weight is 326 g/mol. The second-order valence-corrected chi connectivity index (χ2v) is 6.84. The van der Waals surface area contributed by atoms with Crippen molar-refractivity contribution < 1.29 is 8.78 Å². The number of aryl methyl sites for hydroxylation is 1. The molecule has 1 aliphatic carbocycles. The van der Waals surface area contributed by atoms with Crippen molar-refractivity contribution in [2.24, 2.45) is 5.92 Å². The minimum atomic E-state index is -0.740. The van der Waals surface area contributed by atoms with Crippen LogP contribution in [0.4, 0.5) is 8.78 Å². The van der Waals surface area contributed by atoms with Crippen LogP contribution in [-0.4, -0.2) is 0 Å². The molecule has 1 aliphatic rings. The number of rotatable bonds is 4. The van der Waals surface area contributed by atoms with Gasteiger partial charge >= 0.3 is 0 Å². The normalized spacial score (nSPS) is 17.7. The quantitative estimate of drug-likeness (QED) is 0.580. The summed E-state index contributed by atoms with van der Waals surface area (Å²) in [5, 5.41) is 0. The molecule has 0 heterocycles. The Morgan fingerprint density at radius 2 is 1.62 bits per heavy atom. The Balaban J connectivity index is 1.92. The van der Waals surface area contributed by atoms with E-state index in [2.05, 4.69) is 19.9 Å². The van der Waals surface area contributed by atoms with Gasteiger partial charge in [-0.15, -0.1) is 0 Å². The maximum absolute atomic E-state index is 14.6. The van der Waals surface area contributed by atoms with Gasteiger partial charge in [0.1, 0.15) is 0 Å². The first kappa shape index (κ1) is 16.9. The molecule has 1 atom stereocenters. The molecule has 0 saturated carbocycles. The third-order valence-electron chi connectivity index (χ3n) is 4.90. The fraction of sp³-hybridized carbons (Fsp3) is 0.364. The third kappa shape index (κ3) is 3.43. The van der Waals surface area contributed by atoms with E-state index in [9.17, 15) is 8.78 Å². The Hall–Kier alpha value is -1.96. The predicted octanol–water partition coefficient (Wildman–Crippen LogP) is 6.79. The van der Waals surface area contributed by atoms with Gasteiger partial charge in [-0.1, -0.05) is 62.7 Å². The van der Waals surface area contributed by atoms with Crippen molar-refractivity contribution in [2.75, 3.05) is 0 Å². The number of allylic oxidation sites excluding steroid dienone is 2. The summed E-state index contributed by atoms with van der Waals surface area (Å²) in [5.41, 5.74) is 3.65. The molecule has 0 N–H and O–H groups in total. The molecular formula is C22H24F2. The number of hydrogen-bond acceptors (Lipinski definition) is 0. The van der Waals surface area contributed by atoms with Crippen molar-refractivity contribution in [3.05, 3.63) is 65.2 Å². The molecule has 2 aromatic rings. The maximum Gasteiger partial charge on any atom is 0.167 e. The molecule has 0 nitrogen and oxygen atoms in total. The SMILES string of the molecule is CCCc1ccc(-c2ccc(C3=CCC(C)CC3)c(F)c2F)cc1. The highest BCUT2D eigenvalue weighted by Crippen LogP contribution is 2.34. The van der Waals surface area contributed by atoms with Crippen LogP contribution < -0.4 is 0 Å². The molecule has 0 saturated heterocycles. The average Bonchev–Trinajstić information content (AvgIpc) is 2.59. The highest BCUT2D eigenvalue weighted by molar-refractivity contribution is 5.72. The molecule has 0 bridgehead atoms. The Morgan fingerprint density at radius 1 is 0.958 bits per heavy atom. The summed E-state index contributed by atoms with van der Waals surface area (Å²) in [4.78, 5) is 0. The topological polar surface area (TPSA) is 0 Å². The summed E-state index contributed by atoms with van der Waals surface area (Å²) in [6.45, 7) is 4.32. The van der Waals surface area contributed by atoms with E-state index >= 15 is 0 Å². The van der Waals surface area contributed by atoms with Crippen LogP contribution in [0.25, 0.3) is 16.7 Å². The van der Waals surface area contributed by atoms with Gasteiger partial charge in [0.25, 0.3) is 0 Å². The minimum absolute atomic E-state index is 0.337. The van der Waals surface area contributed by atoms with Gasteiger partial charge in [-0.3, -0.25) is 0 Å². The lowest BCUT2D eigenvalue weighted by atomic mass is 9.87. The van der Waals surface area contributed by atoms with E-state index in [-0.39, 0.29) is 0 Å². The molecule has 0 amide bonds. The van der Waals surface area contributed by atoms with Gasteiger partial charge in [0, 0.05) is 11.1 Å². The summed E-state index contributed by atoms with van der Waals surface area (Å²) in [7, 11) is 0. The van der Waals surface area contributed by atoms with E-state index < -0.39 is 11.6 Å². The van der Waals surface area contributed by atoms with E-state index in [0.717, 1.165) is 43.2 Å². The monoisotopic (exact) mass is 326 g/mol. The van der Waals surface area contributed by atoms with Crippen LogP contribution >= 0.6 is 0 Å². The van der Waals surface area contributed by atoms with E-state index in [4.69, 9.17) is 0 Å². The number of halogens is 2. The largest absolute Gasteiger partial charge is 0.203 e. The highest BCUT2D eigenvalue weighted by Gasteiger charge is 2.19. The molecule has 0 radical (unpaired) electrons. The Labute approximate surface area is 143 Å². The molecule has 0 aromatic heterocycles. The van der Waals surface area contributed by atoms with Crippen molar-refractivity contribution >= 4 is 5.57 Å². The number of hydrogen-bond donors (Lipinski definition) is 0. The zero-order valence-electron chi connectivity index (χ0n) is 14.4. The molecule has 0 spiro atoms. The molecular weight excluding hydrogens is 302 g/mol. The Morgan fingerprint density at radius 3 is 2.25 bits per heavy atom. The van der Waals surface area contributed by atoms with Crippen molar-refractivity contribution in [3.8, 4) is 11.1 Å². The van der Waals surface area contributed by atoms with Crippen molar-refractivity contribution in [2.45, 2.75) is 46.0 Å². The van der Waals surface area contributed by atoms with Gasteiger partial charge < -0.3 is 0 Å². The zero-order valence-corrected chi connectivity index (χ0v) is 14.4. The van der Waals surface area contributed by atoms with Crippen LogP contribution in [0, 0.1) is 17.6 Å². The van der Waals surface area contributed by atoms with Gasteiger partial charge in [-0.05, 0) is 48.3 Å². The molecule has 3 rings (SSSR count). The predicted molar refractivity (Wildman–Crippen MR) is 96.8 cm³/mol. The van der Waals surface area contributed by atoms with E-state index in [1.165, 1.54) is 5.56 Å². The first-order chi connectivity index (χ1) is 11.6. The summed E-state index contributed by atoms with van der Waals surface area (Å²) in [6, 6.07) is 11.2. The van der Waals surface area contributed by atoms with Gasteiger partial charge in [0.05, 0.1) is 0 Å². The molecule has 1 unspecified atom stereocenters. The Bertz CT molecular complexity index is 741. The fourth-order valence-corrected chi connectivity index (χ4v) is 3.37. The van der Waals surface area contributed by atoms with Gasteiger partial charge in [-0.2, -0.15) is 0 Å². The van der Waals surface area contributed by atoms with Crippen LogP contribution in [0.1, 0.15) is 50.7 Å². The maximum atomic E-state index is 14.6. The standard InChI is InChI=1S/C22H24F2/c1-3-4-16-7-11-18(12-8-16)20-14-13-19(21(23)22(20)24)17-9-5-15(2)6-10-17/h7-9,11-15H,3-6,10H2,1-2H3. The van der Waals surface area contributed by atoms with Crippen molar-refractivity contribution in [1.29, 1.82) is 0 Å². The molecule has 24 heavy (non-hydrogen) atoms. The second kappa shape index (κ2) is 7.29. The molecule has 0 fully saturated rings. The van der Waals surface area contributed by atoms with Crippen LogP contribution in [0.3, 0.4) is 0 Å². The summed E-state index contributed by atoms with van der Waals surface area (Å²) in [6.07, 6.45) is 6.94. The fourth-order valence-electron chi connectivity index (χ4n) is 3.37. The van der Waals surface area contributed by atoms with Gasteiger partial charge in [0.15, 0.2) is 11.6 Å². The van der Waals surface area contributed by atoms with Crippen LogP contribution in [0.5, 0.6) is 0 Å². The molecule has 126 valence electrons. The first-order valence-corrected chi connectivity index (χ1v) is 8.86. The zero-order chi connectivity index (χ0) is 17.1.